The Bertz CT molecular complexity index is 877. The van der Waals surface area contributed by atoms with Crippen LogP contribution in [0.1, 0.15) is 29.8 Å². The Balaban J connectivity index is 2.17. The monoisotopic (exact) mass is 390 g/mol. The molecule has 0 atom stereocenters. The van der Waals surface area contributed by atoms with E-state index in [-0.39, 0.29) is 28.6 Å². The highest BCUT2D eigenvalue weighted by Gasteiger charge is 2.27. The van der Waals surface area contributed by atoms with Crippen LogP contribution < -0.4 is 10.6 Å². The predicted octanol–water partition coefficient (Wildman–Crippen LogP) is 4.02. The molecule has 0 fully saturated rings. The van der Waals surface area contributed by atoms with E-state index >= 15 is 0 Å². The zero-order valence-electron chi connectivity index (χ0n) is 15.0. The quantitative estimate of drug-likeness (QED) is 0.515. The van der Waals surface area contributed by atoms with E-state index in [2.05, 4.69) is 17.2 Å². The Labute approximate surface area is 161 Å². The Kier molecular flexibility index (Phi) is 6.23. The number of hydrogen-bond acceptors (Lipinski definition) is 3. The lowest BCUT2D eigenvalue weighted by molar-refractivity contribution is -0.111. The lowest BCUT2D eigenvalue weighted by Crippen LogP contribution is -2.37. The minimum Gasteiger partial charge on any atom is -0.506 e. The fourth-order valence-corrected chi connectivity index (χ4v) is 3.02. The molecule has 0 saturated carbocycles. The molecule has 0 aliphatic heterocycles. The number of nitrogens with one attached hydrogen (secondary N) is 2. The van der Waals surface area contributed by atoms with Crippen molar-refractivity contribution in [3.05, 3.63) is 71.0 Å². The van der Waals surface area contributed by atoms with E-state index in [0.717, 1.165) is 6.08 Å². The number of rotatable bonds is 6. The van der Waals surface area contributed by atoms with Crippen molar-refractivity contribution in [2.75, 3.05) is 11.9 Å². The van der Waals surface area contributed by atoms with Gasteiger partial charge in [-0.3, -0.25) is 9.59 Å². The molecule has 2 amide bonds. The number of anilines is 1. The minimum absolute atomic E-state index is 0.0870. The van der Waals surface area contributed by atoms with E-state index in [1.54, 1.807) is 19.9 Å². The number of carbonyl (C=O) groups excluding carboxylic acids is 2. The average molecular weight is 391 g/mol. The molecular weight excluding hydrogens is 371 g/mol. The Hall–Kier alpha value is -2.86. The second-order valence-corrected chi connectivity index (χ2v) is 7.00. The summed E-state index contributed by atoms with van der Waals surface area (Å²) in [6.45, 7) is 6.99. The molecule has 142 valence electrons. The van der Waals surface area contributed by atoms with Crippen molar-refractivity contribution in [3.63, 3.8) is 0 Å². The van der Waals surface area contributed by atoms with E-state index in [1.165, 1.54) is 30.3 Å². The van der Waals surface area contributed by atoms with Crippen LogP contribution in [-0.2, 0) is 10.2 Å². The topological polar surface area (TPSA) is 78.4 Å². The lowest BCUT2D eigenvalue weighted by atomic mass is 9.84. The first-order valence-electron chi connectivity index (χ1n) is 8.15. The molecule has 27 heavy (non-hydrogen) atoms. The summed E-state index contributed by atoms with van der Waals surface area (Å²) in [5.74, 6) is -1.58. The molecule has 2 aromatic carbocycles. The van der Waals surface area contributed by atoms with Gasteiger partial charge in [-0.1, -0.05) is 38.1 Å². The zero-order chi connectivity index (χ0) is 20.2. The van der Waals surface area contributed by atoms with Gasteiger partial charge in [0, 0.05) is 28.1 Å². The van der Waals surface area contributed by atoms with Gasteiger partial charge in [0.25, 0.3) is 5.91 Å². The minimum atomic E-state index is -0.755. The summed E-state index contributed by atoms with van der Waals surface area (Å²) in [5.41, 5.74) is -0.127. The lowest BCUT2D eigenvalue weighted by Gasteiger charge is -2.27. The van der Waals surface area contributed by atoms with Crippen molar-refractivity contribution in [1.82, 2.24) is 5.32 Å². The van der Waals surface area contributed by atoms with Gasteiger partial charge in [-0.05, 0) is 36.4 Å². The fraction of sp³-hybridized carbons (Fsp3) is 0.200. The average Bonchev–Trinajstić information content (AvgIpc) is 2.61. The van der Waals surface area contributed by atoms with Crippen molar-refractivity contribution in [1.29, 1.82) is 0 Å². The highest BCUT2D eigenvalue weighted by atomic mass is 35.5. The highest BCUT2D eigenvalue weighted by molar-refractivity contribution is 6.31. The van der Waals surface area contributed by atoms with Crippen molar-refractivity contribution < 1.29 is 19.1 Å². The summed E-state index contributed by atoms with van der Waals surface area (Å²) in [7, 11) is 0. The first-order chi connectivity index (χ1) is 12.7. The number of amides is 2. The molecule has 7 heteroatoms. The van der Waals surface area contributed by atoms with E-state index < -0.39 is 23.0 Å². The first kappa shape index (κ1) is 20.5. The number of phenols is 1. The summed E-state index contributed by atoms with van der Waals surface area (Å²) in [6.07, 6.45) is 1.05. The Morgan fingerprint density at radius 2 is 2.00 bits per heavy atom. The summed E-state index contributed by atoms with van der Waals surface area (Å²) >= 11 is 6.12. The summed E-state index contributed by atoms with van der Waals surface area (Å²) in [6, 6.07) is 8.49. The van der Waals surface area contributed by atoms with Gasteiger partial charge >= 0.3 is 0 Å². The molecule has 2 rings (SSSR count). The Morgan fingerprint density at radius 1 is 1.30 bits per heavy atom. The molecule has 0 bridgehead atoms. The van der Waals surface area contributed by atoms with Crippen LogP contribution in [0.2, 0.25) is 5.02 Å². The maximum atomic E-state index is 14.2. The molecule has 3 N–H and O–H groups in total. The van der Waals surface area contributed by atoms with Crippen LogP contribution in [0.4, 0.5) is 10.1 Å². The maximum absolute atomic E-state index is 14.2. The number of phenolic OH excluding ortho intramolecular Hbond substituents is 1. The number of hydrogen-bond donors (Lipinski definition) is 3. The van der Waals surface area contributed by atoms with Crippen LogP contribution in [0.3, 0.4) is 0 Å². The number of halogens is 2. The number of carbonyl (C=O) groups is 2. The van der Waals surface area contributed by atoms with Gasteiger partial charge < -0.3 is 15.7 Å². The molecule has 0 aliphatic rings. The third kappa shape index (κ3) is 4.86. The van der Waals surface area contributed by atoms with E-state index in [0.29, 0.717) is 5.56 Å². The second-order valence-electron chi connectivity index (χ2n) is 6.59. The van der Waals surface area contributed by atoms with E-state index in [4.69, 9.17) is 11.6 Å². The molecule has 0 spiro atoms. The number of benzene rings is 2. The molecule has 0 aromatic heterocycles. The van der Waals surface area contributed by atoms with Crippen LogP contribution in [0.5, 0.6) is 5.75 Å². The van der Waals surface area contributed by atoms with Crippen LogP contribution in [0, 0.1) is 5.82 Å². The first-order valence-corrected chi connectivity index (χ1v) is 8.52. The van der Waals surface area contributed by atoms with Crippen molar-refractivity contribution in [2.45, 2.75) is 19.3 Å². The fourth-order valence-electron chi connectivity index (χ4n) is 2.60. The molecule has 5 nitrogen and oxygen atoms in total. The summed E-state index contributed by atoms with van der Waals surface area (Å²) in [4.78, 5) is 23.9. The molecule has 0 unspecified atom stereocenters. The highest BCUT2D eigenvalue weighted by Crippen LogP contribution is 2.32. The normalized spacial score (nSPS) is 11.0. The van der Waals surface area contributed by atoms with Gasteiger partial charge in [-0.2, -0.15) is 0 Å². The van der Waals surface area contributed by atoms with Gasteiger partial charge in [-0.25, -0.2) is 4.39 Å². The van der Waals surface area contributed by atoms with Crippen molar-refractivity contribution >= 4 is 29.1 Å². The van der Waals surface area contributed by atoms with Gasteiger partial charge in [0.1, 0.15) is 11.6 Å². The van der Waals surface area contributed by atoms with Crippen LogP contribution in [0.25, 0.3) is 0 Å². The zero-order valence-corrected chi connectivity index (χ0v) is 15.7. The SMILES string of the molecule is C=CC(=O)Nc1cc(C(=O)NCC(C)(C)c2c(F)cccc2Cl)ccc1O. The van der Waals surface area contributed by atoms with Gasteiger partial charge in [-0.15, -0.1) is 0 Å². The van der Waals surface area contributed by atoms with Crippen molar-refractivity contribution in [2.24, 2.45) is 0 Å². The standard InChI is InChI=1S/C20H20ClFN2O3/c1-4-17(26)24-15-10-12(8-9-16(15)25)19(27)23-11-20(2,3)18-13(21)6-5-7-14(18)22/h4-10,25H,1,11H2,2-3H3,(H,23,27)(H,24,26). The van der Waals surface area contributed by atoms with E-state index in [1.807, 2.05) is 0 Å². The van der Waals surface area contributed by atoms with Gasteiger partial charge in [0.2, 0.25) is 5.91 Å². The molecule has 0 aliphatic carbocycles. The van der Waals surface area contributed by atoms with E-state index in [9.17, 15) is 19.1 Å². The third-order valence-electron chi connectivity index (χ3n) is 4.03. The summed E-state index contributed by atoms with van der Waals surface area (Å²) in [5, 5.41) is 15.2. The Morgan fingerprint density at radius 3 is 2.63 bits per heavy atom. The molecular formula is C20H20ClFN2O3. The largest absolute Gasteiger partial charge is 0.506 e. The molecule has 0 saturated heterocycles. The third-order valence-corrected chi connectivity index (χ3v) is 4.35. The molecule has 0 heterocycles. The molecule has 2 aromatic rings. The van der Waals surface area contributed by atoms with Gasteiger partial charge in [0.15, 0.2) is 0 Å². The molecule has 0 radical (unpaired) electrons. The summed E-state index contributed by atoms with van der Waals surface area (Å²) < 4.78 is 14.2. The maximum Gasteiger partial charge on any atom is 0.251 e. The smallest absolute Gasteiger partial charge is 0.251 e. The van der Waals surface area contributed by atoms with Crippen molar-refractivity contribution in [3.8, 4) is 5.75 Å². The van der Waals surface area contributed by atoms with Crippen LogP contribution in [-0.4, -0.2) is 23.5 Å². The number of aromatic hydroxyl groups is 1. The predicted molar refractivity (Wildman–Crippen MR) is 104 cm³/mol. The van der Waals surface area contributed by atoms with Crippen LogP contribution >= 0.6 is 11.6 Å². The van der Waals surface area contributed by atoms with Gasteiger partial charge in [0.05, 0.1) is 5.69 Å². The second kappa shape index (κ2) is 8.22. The van der Waals surface area contributed by atoms with Crippen LogP contribution in [0.15, 0.2) is 49.1 Å².